The van der Waals surface area contributed by atoms with Gasteiger partial charge in [0, 0.05) is 12.4 Å². The van der Waals surface area contributed by atoms with Crippen molar-refractivity contribution in [2.75, 3.05) is 11.8 Å². The molecule has 0 bridgehead atoms. The molecule has 1 atom stereocenters. The number of nitrogens with one attached hydrogen (secondary N) is 1. The summed E-state index contributed by atoms with van der Waals surface area (Å²) in [5, 5.41) is 3.03. The molecule has 2 aromatic rings. The molecule has 1 N–H and O–H groups in total. The van der Waals surface area contributed by atoms with Gasteiger partial charge in [0.15, 0.2) is 0 Å². The van der Waals surface area contributed by atoms with Gasteiger partial charge in [0.25, 0.3) is 0 Å². The Morgan fingerprint density at radius 1 is 0.905 bits per heavy atom. The van der Waals surface area contributed by atoms with E-state index in [0.717, 1.165) is 22.4 Å². The molecule has 0 fully saturated rings. The highest BCUT2D eigenvalue weighted by atomic mass is 31.2. The van der Waals surface area contributed by atoms with Crippen LogP contribution in [0.4, 0.5) is 5.69 Å². The Balaban J connectivity index is 2.20. The van der Waals surface area contributed by atoms with Crippen LogP contribution in [-0.2, 0) is 4.57 Å². The highest BCUT2D eigenvalue weighted by molar-refractivity contribution is 7.60. The lowest BCUT2D eigenvalue weighted by atomic mass is 10.1. The maximum atomic E-state index is 12.7. The third kappa shape index (κ3) is 4.37. The number of aryl methyl sites for hydroxylation is 4. The van der Waals surface area contributed by atoms with E-state index in [9.17, 15) is 4.57 Å². The molecule has 2 aromatic carbocycles. The standard InChI is InChI=1S/C17H22NO2P/c1-12-6-7-17(15(4)9-12)18-21(5,19)20-16-10-13(2)8-14(3)11-16/h6-11H,1-5H3,(H,18,19)/t21-/m1/s1. The first kappa shape index (κ1) is 15.7. The fourth-order valence-corrected chi connectivity index (χ4v) is 3.61. The number of rotatable bonds is 4. The summed E-state index contributed by atoms with van der Waals surface area (Å²) in [7, 11) is -2.97. The minimum atomic E-state index is -2.97. The van der Waals surface area contributed by atoms with E-state index in [4.69, 9.17) is 4.52 Å². The van der Waals surface area contributed by atoms with Gasteiger partial charge < -0.3 is 9.61 Å². The van der Waals surface area contributed by atoms with Crippen molar-refractivity contribution in [2.45, 2.75) is 27.7 Å². The molecule has 0 aromatic heterocycles. The molecular weight excluding hydrogens is 281 g/mol. The smallest absolute Gasteiger partial charge is 0.338 e. The fraction of sp³-hybridized carbons (Fsp3) is 0.294. The molecule has 2 rings (SSSR count). The first-order chi connectivity index (χ1) is 9.75. The molecule has 0 aliphatic carbocycles. The lowest BCUT2D eigenvalue weighted by Gasteiger charge is -2.19. The van der Waals surface area contributed by atoms with Crippen molar-refractivity contribution in [3.63, 3.8) is 0 Å². The van der Waals surface area contributed by atoms with Crippen molar-refractivity contribution in [3.8, 4) is 5.75 Å². The average Bonchev–Trinajstić information content (AvgIpc) is 2.30. The van der Waals surface area contributed by atoms with Gasteiger partial charge in [-0.1, -0.05) is 23.8 Å². The monoisotopic (exact) mass is 303 g/mol. The summed E-state index contributed by atoms with van der Waals surface area (Å²) in [6.07, 6.45) is 0. The third-order valence-electron chi connectivity index (χ3n) is 3.18. The predicted molar refractivity (Wildman–Crippen MR) is 89.6 cm³/mol. The van der Waals surface area contributed by atoms with E-state index in [2.05, 4.69) is 17.2 Å². The van der Waals surface area contributed by atoms with Gasteiger partial charge in [-0.15, -0.1) is 0 Å². The number of benzene rings is 2. The Morgan fingerprint density at radius 2 is 1.52 bits per heavy atom. The van der Waals surface area contributed by atoms with E-state index < -0.39 is 7.52 Å². The second kappa shape index (κ2) is 5.95. The quantitative estimate of drug-likeness (QED) is 0.785. The Hall–Kier alpha value is -1.73. The molecule has 4 heteroatoms. The summed E-state index contributed by atoms with van der Waals surface area (Å²) in [5.74, 6) is 0.635. The maximum Gasteiger partial charge on any atom is 0.338 e. The van der Waals surface area contributed by atoms with Gasteiger partial charge in [-0.2, -0.15) is 0 Å². The number of hydrogen-bond acceptors (Lipinski definition) is 2. The van der Waals surface area contributed by atoms with Crippen LogP contribution in [0.25, 0.3) is 0 Å². The van der Waals surface area contributed by atoms with Crippen molar-refractivity contribution in [1.82, 2.24) is 0 Å². The molecule has 0 radical (unpaired) electrons. The van der Waals surface area contributed by atoms with Gasteiger partial charge in [-0.3, -0.25) is 4.57 Å². The number of hydrogen-bond donors (Lipinski definition) is 1. The molecule has 21 heavy (non-hydrogen) atoms. The van der Waals surface area contributed by atoms with Crippen LogP contribution in [0.5, 0.6) is 5.75 Å². The first-order valence-corrected chi connectivity index (χ1v) is 9.03. The molecule has 0 aliphatic heterocycles. The van der Waals surface area contributed by atoms with Crippen LogP contribution in [0.1, 0.15) is 22.3 Å². The van der Waals surface area contributed by atoms with Crippen LogP contribution >= 0.6 is 7.52 Å². The lowest BCUT2D eigenvalue weighted by molar-refractivity contribution is 0.493. The van der Waals surface area contributed by atoms with Crippen molar-refractivity contribution >= 4 is 13.2 Å². The van der Waals surface area contributed by atoms with Gasteiger partial charge in [0.05, 0.1) is 0 Å². The molecule has 0 heterocycles. The Labute approximate surface area is 126 Å². The molecule has 0 spiro atoms. The second-order valence-corrected chi connectivity index (χ2v) is 7.79. The van der Waals surface area contributed by atoms with Crippen molar-refractivity contribution in [2.24, 2.45) is 0 Å². The maximum absolute atomic E-state index is 12.7. The molecule has 0 amide bonds. The zero-order valence-electron chi connectivity index (χ0n) is 13.2. The van der Waals surface area contributed by atoms with Crippen molar-refractivity contribution in [1.29, 1.82) is 0 Å². The van der Waals surface area contributed by atoms with Gasteiger partial charge in [-0.05, 0) is 62.6 Å². The summed E-state index contributed by atoms with van der Waals surface area (Å²) in [5.41, 5.74) is 5.27. The van der Waals surface area contributed by atoms with E-state index >= 15 is 0 Å². The molecule has 0 saturated carbocycles. The third-order valence-corrected chi connectivity index (χ3v) is 4.39. The topological polar surface area (TPSA) is 38.3 Å². The van der Waals surface area contributed by atoms with Crippen LogP contribution < -0.4 is 9.61 Å². The summed E-state index contributed by atoms with van der Waals surface area (Å²) in [4.78, 5) is 0. The first-order valence-electron chi connectivity index (χ1n) is 6.96. The van der Waals surface area contributed by atoms with E-state index in [-0.39, 0.29) is 0 Å². The summed E-state index contributed by atoms with van der Waals surface area (Å²) < 4.78 is 18.4. The van der Waals surface area contributed by atoms with Crippen LogP contribution in [0.15, 0.2) is 36.4 Å². The molecule has 0 saturated heterocycles. The minimum Gasteiger partial charge on any atom is -0.429 e. The van der Waals surface area contributed by atoms with Crippen molar-refractivity contribution in [3.05, 3.63) is 58.7 Å². The van der Waals surface area contributed by atoms with Crippen molar-refractivity contribution < 1.29 is 9.09 Å². The van der Waals surface area contributed by atoms with E-state index in [1.165, 1.54) is 5.56 Å². The van der Waals surface area contributed by atoms with Crippen LogP contribution in [0.2, 0.25) is 0 Å². The zero-order chi connectivity index (χ0) is 15.6. The van der Waals surface area contributed by atoms with E-state index in [1.807, 2.05) is 52.0 Å². The Kier molecular flexibility index (Phi) is 4.43. The van der Waals surface area contributed by atoms with Crippen LogP contribution in [-0.4, -0.2) is 6.66 Å². The van der Waals surface area contributed by atoms with Gasteiger partial charge in [0.1, 0.15) is 5.75 Å². The molecule has 3 nitrogen and oxygen atoms in total. The summed E-state index contributed by atoms with van der Waals surface area (Å²) in [6, 6.07) is 11.8. The normalized spacial score (nSPS) is 13.6. The second-order valence-electron chi connectivity index (χ2n) is 5.69. The number of anilines is 1. The van der Waals surface area contributed by atoms with E-state index in [0.29, 0.717) is 5.75 Å². The van der Waals surface area contributed by atoms with E-state index in [1.54, 1.807) is 6.66 Å². The van der Waals surface area contributed by atoms with Gasteiger partial charge in [0.2, 0.25) is 0 Å². The summed E-state index contributed by atoms with van der Waals surface area (Å²) in [6.45, 7) is 9.63. The molecule has 0 unspecified atom stereocenters. The molecule has 0 aliphatic rings. The minimum absolute atomic E-state index is 0.635. The average molecular weight is 303 g/mol. The van der Waals surface area contributed by atoms with Gasteiger partial charge in [-0.25, -0.2) is 0 Å². The largest absolute Gasteiger partial charge is 0.429 e. The zero-order valence-corrected chi connectivity index (χ0v) is 14.1. The Morgan fingerprint density at radius 3 is 2.10 bits per heavy atom. The SMILES string of the molecule is Cc1cc(C)cc(O[P@@](C)(=O)Nc2ccc(C)cc2C)c1. The lowest BCUT2D eigenvalue weighted by Crippen LogP contribution is -2.04. The summed E-state index contributed by atoms with van der Waals surface area (Å²) >= 11 is 0. The molecular formula is C17H22NO2P. The van der Waals surface area contributed by atoms with Crippen LogP contribution in [0, 0.1) is 27.7 Å². The highest BCUT2D eigenvalue weighted by Crippen LogP contribution is 2.44. The fourth-order valence-electron chi connectivity index (χ4n) is 2.37. The molecule has 112 valence electrons. The van der Waals surface area contributed by atoms with Gasteiger partial charge >= 0.3 is 7.52 Å². The highest BCUT2D eigenvalue weighted by Gasteiger charge is 2.18. The van der Waals surface area contributed by atoms with Crippen LogP contribution in [0.3, 0.4) is 0 Å². The Bertz CT molecular complexity index is 690. The predicted octanol–water partition coefficient (Wildman–Crippen LogP) is 5.23.